The lowest BCUT2D eigenvalue weighted by Gasteiger charge is -1.97. The molecule has 0 saturated heterocycles. The Hall–Kier alpha value is -2.42. The standard InChI is InChI=1S/C7H12O4Si.C4H4O4/c8-6(9)4-5(7(10)11)2-1-3-12;5-3(6)1-2-4(7)8/h4H,1-3H2,12H3,(H,8,9)(H,10,11);1-2H,(H,5,6)(H,7,8)/b5-4-;2-1+. The molecule has 0 radical (unpaired) electrons. The minimum Gasteiger partial charge on any atom is -0.478 e. The predicted molar refractivity (Wildman–Crippen MR) is 71.7 cm³/mol. The molecular formula is C11H16O8Si. The lowest BCUT2D eigenvalue weighted by molar-refractivity contribution is -0.135. The lowest BCUT2D eigenvalue weighted by atomic mass is 10.1. The molecule has 20 heavy (non-hydrogen) atoms. The molecule has 0 amide bonds. The summed E-state index contributed by atoms with van der Waals surface area (Å²) in [6, 6.07) is 0.990. The minimum atomic E-state index is -1.26. The Morgan fingerprint density at radius 1 is 0.850 bits per heavy atom. The Kier molecular flexibility index (Phi) is 11.6. The van der Waals surface area contributed by atoms with Gasteiger partial charge in [0.1, 0.15) is 0 Å². The van der Waals surface area contributed by atoms with Gasteiger partial charge in [0.25, 0.3) is 0 Å². The first kappa shape index (κ1) is 19.9. The van der Waals surface area contributed by atoms with Crippen molar-refractivity contribution in [2.45, 2.75) is 18.9 Å². The number of carboxylic acids is 4. The highest BCUT2D eigenvalue weighted by Crippen LogP contribution is 2.06. The molecule has 0 fully saturated rings. The summed E-state index contributed by atoms with van der Waals surface area (Å²) in [6.45, 7) is 0. The third-order valence-electron chi connectivity index (χ3n) is 1.74. The zero-order chi connectivity index (χ0) is 16.1. The molecule has 4 N–H and O–H groups in total. The van der Waals surface area contributed by atoms with Crippen LogP contribution in [0.1, 0.15) is 12.8 Å². The summed E-state index contributed by atoms with van der Waals surface area (Å²) < 4.78 is 0. The average Bonchev–Trinajstić information content (AvgIpc) is 2.32. The number of carboxylic acid groups (broad SMARTS) is 4. The van der Waals surface area contributed by atoms with Crippen molar-refractivity contribution in [1.82, 2.24) is 0 Å². The summed E-state index contributed by atoms with van der Waals surface area (Å²) in [7, 11) is 1.02. The Bertz CT molecular complexity index is 408. The Morgan fingerprint density at radius 3 is 1.55 bits per heavy atom. The molecule has 0 aromatic heterocycles. The van der Waals surface area contributed by atoms with E-state index in [2.05, 4.69) is 0 Å². The van der Waals surface area contributed by atoms with Gasteiger partial charge in [0.05, 0.1) is 0 Å². The fourth-order valence-electron chi connectivity index (χ4n) is 0.900. The molecule has 0 saturated carbocycles. The fraction of sp³-hybridized carbons (Fsp3) is 0.273. The van der Waals surface area contributed by atoms with Gasteiger partial charge in [-0.3, -0.25) is 0 Å². The monoisotopic (exact) mass is 304 g/mol. The third-order valence-corrected chi connectivity index (χ3v) is 2.45. The first-order valence-electron chi connectivity index (χ1n) is 5.51. The normalized spacial score (nSPS) is 10.7. The molecule has 0 aliphatic heterocycles. The summed E-state index contributed by atoms with van der Waals surface area (Å²) in [5.41, 5.74) is -0.0154. The molecule has 0 aliphatic carbocycles. The van der Waals surface area contributed by atoms with Gasteiger partial charge in [0, 0.05) is 34.0 Å². The molecule has 0 bridgehead atoms. The van der Waals surface area contributed by atoms with Crippen LogP contribution in [0.3, 0.4) is 0 Å². The maximum Gasteiger partial charge on any atom is 0.331 e. The van der Waals surface area contributed by atoms with Crippen LogP contribution in [-0.4, -0.2) is 54.5 Å². The van der Waals surface area contributed by atoms with Crippen molar-refractivity contribution in [3.63, 3.8) is 0 Å². The zero-order valence-corrected chi connectivity index (χ0v) is 12.8. The van der Waals surface area contributed by atoms with Gasteiger partial charge >= 0.3 is 23.9 Å². The second kappa shape index (κ2) is 11.7. The van der Waals surface area contributed by atoms with Crippen molar-refractivity contribution >= 4 is 34.1 Å². The average molecular weight is 304 g/mol. The molecule has 9 heteroatoms. The van der Waals surface area contributed by atoms with Crippen molar-refractivity contribution in [3.8, 4) is 0 Å². The van der Waals surface area contributed by atoms with E-state index in [0.717, 1.165) is 28.8 Å². The molecule has 0 aromatic rings. The Labute approximate surface area is 117 Å². The SMILES string of the molecule is O=C(O)/C=C(/CCC[SiH3])C(=O)O.O=C(O)/C=C/C(=O)O. The van der Waals surface area contributed by atoms with Crippen molar-refractivity contribution < 1.29 is 39.6 Å². The van der Waals surface area contributed by atoms with Crippen LogP contribution in [0.5, 0.6) is 0 Å². The Balaban J connectivity index is 0. The molecule has 0 aromatic carbocycles. The van der Waals surface area contributed by atoms with E-state index in [0.29, 0.717) is 18.6 Å². The lowest BCUT2D eigenvalue weighted by Crippen LogP contribution is -2.03. The van der Waals surface area contributed by atoms with Crippen LogP contribution in [0.25, 0.3) is 0 Å². The maximum atomic E-state index is 10.4. The largest absolute Gasteiger partial charge is 0.478 e. The van der Waals surface area contributed by atoms with Gasteiger partial charge in [-0.1, -0.05) is 12.5 Å². The van der Waals surface area contributed by atoms with E-state index in [9.17, 15) is 19.2 Å². The molecule has 0 aliphatic rings. The summed E-state index contributed by atoms with van der Waals surface area (Å²) in [5, 5.41) is 32.5. The van der Waals surface area contributed by atoms with E-state index in [-0.39, 0.29) is 5.57 Å². The molecular weight excluding hydrogens is 288 g/mol. The van der Waals surface area contributed by atoms with Gasteiger partial charge in [0.15, 0.2) is 0 Å². The molecule has 0 unspecified atom stereocenters. The highest BCUT2D eigenvalue weighted by molar-refractivity contribution is 6.08. The van der Waals surface area contributed by atoms with Gasteiger partial charge in [-0.15, -0.1) is 0 Å². The van der Waals surface area contributed by atoms with E-state index in [4.69, 9.17) is 20.4 Å². The van der Waals surface area contributed by atoms with Gasteiger partial charge in [0.2, 0.25) is 0 Å². The van der Waals surface area contributed by atoms with Crippen LogP contribution >= 0.6 is 0 Å². The zero-order valence-electron chi connectivity index (χ0n) is 10.8. The van der Waals surface area contributed by atoms with Crippen LogP contribution < -0.4 is 0 Å². The number of hydrogen-bond donors (Lipinski definition) is 4. The van der Waals surface area contributed by atoms with E-state index in [1.54, 1.807) is 0 Å². The van der Waals surface area contributed by atoms with Crippen LogP contribution in [0.15, 0.2) is 23.8 Å². The molecule has 0 atom stereocenters. The molecule has 0 rings (SSSR count). The summed E-state index contributed by atoms with van der Waals surface area (Å²) >= 11 is 0. The quantitative estimate of drug-likeness (QED) is 0.358. The van der Waals surface area contributed by atoms with E-state index >= 15 is 0 Å². The number of hydrogen-bond acceptors (Lipinski definition) is 4. The van der Waals surface area contributed by atoms with Crippen molar-refractivity contribution in [3.05, 3.63) is 23.8 Å². The predicted octanol–water partition coefficient (Wildman–Crippen LogP) is -0.642. The molecule has 0 spiro atoms. The van der Waals surface area contributed by atoms with Gasteiger partial charge in [-0.25, -0.2) is 19.2 Å². The molecule has 112 valence electrons. The fourth-order valence-corrected chi connectivity index (χ4v) is 1.25. The smallest absolute Gasteiger partial charge is 0.331 e. The summed E-state index contributed by atoms with van der Waals surface area (Å²) in [4.78, 5) is 39.7. The Morgan fingerprint density at radius 2 is 1.30 bits per heavy atom. The minimum absolute atomic E-state index is 0.0154. The third kappa shape index (κ3) is 15.6. The number of carbonyl (C=O) groups is 4. The second-order valence-corrected chi connectivity index (χ2v) is 4.43. The molecule has 0 heterocycles. The van der Waals surface area contributed by atoms with E-state index in [1.165, 1.54) is 0 Å². The van der Waals surface area contributed by atoms with Crippen LogP contribution in [-0.2, 0) is 19.2 Å². The van der Waals surface area contributed by atoms with Gasteiger partial charge in [-0.05, 0) is 6.42 Å². The van der Waals surface area contributed by atoms with E-state index in [1.807, 2.05) is 0 Å². The summed E-state index contributed by atoms with van der Waals surface area (Å²) in [6.07, 6.45) is 2.99. The highest BCUT2D eigenvalue weighted by atomic mass is 28.1. The van der Waals surface area contributed by atoms with Gasteiger partial charge in [-0.2, -0.15) is 0 Å². The van der Waals surface area contributed by atoms with Crippen molar-refractivity contribution in [2.75, 3.05) is 0 Å². The number of aliphatic carboxylic acids is 4. The first-order chi connectivity index (χ1) is 9.20. The van der Waals surface area contributed by atoms with Gasteiger partial charge < -0.3 is 20.4 Å². The van der Waals surface area contributed by atoms with Crippen molar-refractivity contribution in [2.24, 2.45) is 0 Å². The maximum absolute atomic E-state index is 10.4. The second-order valence-electron chi connectivity index (χ2n) is 3.43. The topological polar surface area (TPSA) is 149 Å². The van der Waals surface area contributed by atoms with Crippen LogP contribution in [0.4, 0.5) is 0 Å². The first-order valence-corrected chi connectivity index (χ1v) is 6.92. The van der Waals surface area contributed by atoms with E-state index < -0.39 is 23.9 Å². The number of rotatable bonds is 7. The summed E-state index contributed by atoms with van der Waals surface area (Å²) in [5.74, 6) is -4.84. The highest BCUT2D eigenvalue weighted by Gasteiger charge is 2.07. The van der Waals surface area contributed by atoms with Crippen molar-refractivity contribution in [1.29, 1.82) is 0 Å². The van der Waals surface area contributed by atoms with Crippen LogP contribution in [0.2, 0.25) is 6.04 Å². The molecule has 8 nitrogen and oxygen atoms in total. The van der Waals surface area contributed by atoms with Crippen LogP contribution in [0, 0.1) is 0 Å².